The van der Waals surface area contributed by atoms with Gasteiger partial charge in [0.15, 0.2) is 0 Å². The molecular formula is C9H17NO2Sn. The van der Waals surface area contributed by atoms with E-state index < -0.39 is 0 Å². The van der Waals surface area contributed by atoms with Crippen LogP contribution in [-0.2, 0) is 4.74 Å². The quantitative estimate of drug-likeness (QED) is 0.630. The molecule has 1 saturated heterocycles. The van der Waals surface area contributed by atoms with Crippen LogP contribution in [0.4, 0.5) is 4.79 Å². The molecule has 74 valence electrons. The third-order valence-corrected chi connectivity index (χ3v) is 3.43. The summed E-state index contributed by atoms with van der Waals surface area (Å²) >= 11 is 1.24. The molecule has 1 amide bonds. The van der Waals surface area contributed by atoms with Gasteiger partial charge in [-0.05, 0) is 0 Å². The predicted molar refractivity (Wildman–Crippen MR) is 53.3 cm³/mol. The minimum absolute atomic E-state index is 0.149. The van der Waals surface area contributed by atoms with Crippen LogP contribution >= 0.6 is 0 Å². The molecule has 1 fully saturated rings. The number of amides is 1. The van der Waals surface area contributed by atoms with Crippen LogP contribution in [0.1, 0.15) is 27.2 Å². The maximum atomic E-state index is 11.5. The van der Waals surface area contributed by atoms with Gasteiger partial charge in [-0.2, -0.15) is 0 Å². The molecule has 0 spiro atoms. The molecule has 0 N–H and O–H groups in total. The number of carbonyl (C=O) groups is 1. The minimum atomic E-state index is -0.361. The fourth-order valence-corrected chi connectivity index (χ4v) is 2.43. The Morgan fingerprint density at radius 1 is 1.54 bits per heavy atom. The Balaban J connectivity index is 2.41. The number of rotatable bonds is 0. The van der Waals surface area contributed by atoms with E-state index in [0.29, 0.717) is 0 Å². The van der Waals surface area contributed by atoms with Gasteiger partial charge >= 0.3 is 92.9 Å². The third-order valence-electron chi connectivity index (χ3n) is 1.88. The Bertz CT molecular complexity index is 200. The summed E-state index contributed by atoms with van der Waals surface area (Å²) < 4.78 is 6.02. The zero-order valence-corrected chi connectivity index (χ0v) is 11.8. The summed E-state index contributed by atoms with van der Waals surface area (Å²) in [5.41, 5.74) is -0.361. The van der Waals surface area contributed by atoms with Gasteiger partial charge in [-0.15, -0.1) is 0 Å². The molecule has 13 heavy (non-hydrogen) atoms. The van der Waals surface area contributed by atoms with Crippen molar-refractivity contribution < 1.29 is 9.53 Å². The molecule has 1 heterocycles. The summed E-state index contributed by atoms with van der Waals surface area (Å²) in [6, 6.07) is 0. The second-order valence-electron chi connectivity index (χ2n) is 4.48. The van der Waals surface area contributed by atoms with E-state index in [1.165, 1.54) is 22.5 Å². The second kappa shape index (κ2) is 4.07. The van der Waals surface area contributed by atoms with Crippen LogP contribution in [0.2, 0.25) is 3.93 Å². The number of nitrogens with zero attached hydrogens (tertiary/aromatic N) is 1. The molecule has 2 radical (unpaired) electrons. The summed E-state index contributed by atoms with van der Waals surface area (Å²) in [5, 5.41) is 0. The van der Waals surface area contributed by atoms with Crippen molar-refractivity contribution in [2.75, 3.05) is 13.1 Å². The Morgan fingerprint density at radius 2 is 2.15 bits per heavy atom. The normalized spacial score (nSPS) is 23.4. The first-order valence-corrected chi connectivity index (χ1v) is 6.52. The molecule has 0 aromatic rings. The van der Waals surface area contributed by atoms with Crippen molar-refractivity contribution in [3.8, 4) is 0 Å². The topological polar surface area (TPSA) is 29.5 Å². The van der Waals surface area contributed by atoms with E-state index in [1.54, 1.807) is 0 Å². The van der Waals surface area contributed by atoms with E-state index in [4.69, 9.17) is 4.74 Å². The van der Waals surface area contributed by atoms with Crippen LogP contribution in [0.5, 0.6) is 0 Å². The Morgan fingerprint density at radius 3 is 2.54 bits per heavy atom. The molecule has 0 aromatic carbocycles. The van der Waals surface area contributed by atoms with Gasteiger partial charge in [-0.1, -0.05) is 0 Å². The fourth-order valence-electron chi connectivity index (χ4n) is 1.28. The molecule has 1 unspecified atom stereocenters. The average Bonchev–Trinajstić information content (AvgIpc) is 2.31. The molecule has 0 aromatic heterocycles. The summed E-state index contributed by atoms with van der Waals surface area (Å²) in [6.45, 7) is 7.48. The molecule has 4 heteroatoms. The summed E-state index contributed by atoms with van der Waals surface area (Å²) in [6.07, 6.45) is 1.01. The van der Waals surface area contributed by atoms with Crippen LogP contribution in [-0.4, -0.2) is 52.2 Å². The van der Waals surface area contributed by atoms with E-state index >= 15 is 0 Å². The van der Waals surface area contributed by atoms with Gasteiger partial charge in [0.1, 0.15) is 0 Å². The van der Waals surface area contributed by atoms with Crippen LogP contribution in [0.3, 0.4) is 0 Å². The van der Waals surface area contributed by atoms with Gasteiger partial charge in [-0.3, -0.25) is 0 Å². The number of hydrogen-bond acceptors (Lipinski definition) is 2. The van der Waals surface area contributed by atoms with Crippen molar-refractivity contribution >= 4 is 28.6 Å². The SMILES string of the molecule is CC(C)(C)OC(=O)N1CC[CH]([SnH])C1. The Hall–Kier alpha value is 0.0687. The molecule has 1 aliphatic heterocycles. The van der Waals surface area contributed by atoms with Crippen LogP contribution in [0.15, 0.2) is 0 Å². The van der Waals surface area contributed by atoms with Crippen molar-refractivity contribution in [3.05, 3.63) is 0 Å². The second-order valence-corrected chi connectivity index (χ2v) is 7.17. The van der Waals surface area contributed by atoms with Crippen molar-refractivity contribution in [1.29, 1.82) is 0 Å². The molecule has 0 saturated carbocycles. The van der Waals surface area contributed by atoms with Crippen molar-refractivity contribution in [2.24, 2.45) is 0 Å². The van der Waals surface area contributed by atoms with Gasteiger partial charge in [-0.25, -0.2) is 0 Å². The zero-order valence-electron chi connectivity index (χ0n) is 8.54. The van der Waals surface area contributed by atoms with Crippen molar-refractivity contribution in [3.63, 3.8) is 0 Å². The summed E-state index contributed by atoms with van der Waals surface area (Å²) in [5.74, 6) is 0. The molecule has 1 atom stereocenters. The molecule has 0 aliphatic carbocycles. The Kier molecular flexibility index (Phi) is 3.49. The molecule has 1 aliphatic rings. The molecule has 1 rings (SSSR count). The van der Waals surface area contributed by atoms with Gasteiger partial charge in [0.2, 0.25) is 0 Å². The number of carbonyl (C=O) groups excluding carboxylic acids is 1. The van der Waals surface area contributed by atoms with E-state index in [9.17, 15) is 4.79 Å². The van der Waals surface area contributed by atoms with E-state index in [0.717, 1.165) is 23.4 Å². The van der Waals surface area contributed by atoms with E-state index in [-0.39, 0.29) is 11.7 Å². The van der Waals surface area contributed by atoms with Gasteiger partial charge in [0.05, 0.1) is 0 Å². The first-order valence-electron chi connectivity index (χ1n) is 4.62. The predicted octanol–water partition coefficient (Wildman–Crippen LogP) is 1.32. The summed E-state index contributed by atoms with van der Waals surface area (Å²) in [4.78, 5) is 13.3. The third kappa shape index (κ3) is 3.75. The van der Waals surface area contributed by atoms with Gasteiger partial charge in [0.25, 0.3) is 0 Å². The monoisotopic (exact) mass is 291 g/mol. The van der Waals surface area contributed by atoms with Crippen LogP contribution < -0.4 is 0 Å². The molecular weight excluding hydrogens is 273 g/mol. The first-order chi connectivity index (χ1) is 5.88. The molecule has 0 bridgehead atoms. The van der Waals surface area contributed by atoms with Gasteiger partial charge in [0, 0.05) is 0 Å². The van der Waals surface area contributed by atoms with Crippen LogP contribution in [0, 0.1) is 0 Å². The first kappa shape index (κ1) is 11.1. The standard InChI is InChI=1S/C9H16NO2.Sn.H/c1-9(2,3)12-8(11)10-6-4-5-7-10;;/h4H,5-7H2,1-3H3;;. The number of hydrogen-bond donors (Lipinski definition) is 0. The average molecular weight is 290 g/mol. The number of likely N-dealkylation sites (tertiary alicyclic amines) is 1. The van der Waals surface area contributed by atoms with Crippen LogP contribution in [0.25, 0.3) is 0 Å². The summed E-state index contributed by atoms with van der Waals surface area (Å²) in [7, 11) is 0. The number of ether oxygens (including phenoxy) is 1. The fraction of sp³-hybridized carbons (Fsp3) is 0.889. The maximum absolute atomic E-state index is 11.5. The van der Waals surface area contributed by atoms with E-state index in [1.807, 2.05) is 25.7 Å². The molecule has 3 nitrogen and oxygen atoms in total. The zero-order chi connectivity index (χ0) is 10.1. The van der Waals surface area contributed by atoms with Crippen molar-refractivity contribution in [1.82, 2.24) is 4.90 Å². The Labute approximate surface area is 92.9 Å². The van der Waals surface area contributed by atoms with Gasteiger partial charge < -0.3 is 0 Å². The van der Waals surface area contributed by atoms with Crippen molar-refractivity contribution in [2.45, 2.75) is 36.7 Å². The van der Waals surface area contributed by atoms with E-state index in [2.05, 4.69) is 0 Å².